The van der Waals surface area contributed by atoms with E-state index in [1.165, 1.54) is 35.2 Å². The number of nitrogens with zero attached hydrogens (tertiary/aromatic N) is 2. The van der Waals surface area contributed by atoms with Crippen LogP contribution in [0.3, 0.4) is 0 Å². The van der Waals surface area contributed by atoms with Crippen LogP contribution in [0.1, 0.15) is 27.9 Å². The largest absolute Gasteiger partial charge is 0.489 e. The Hall–Kier alpha value is -5.77. The Morgan fingerprint density at radius 3 is 2.14 bits per heavy atom. The molecular weight excluding hydrogens is 663 g/mol. The first-order valence-electron chi connectivity index (χ1n) is 16.2. The number of pyridine rings is 1. The van der Waals surface area contributed by atoms with Crippen LogP contribution in [0, 0.1) is 11.6 Å². The number of carbonyl (C=O) groups is 1. The molecule has 6 aromatic rings. The van der Waals surface area contributed by atoms with E-state index < -0.39 is 23.4 Å². The van der Waals surface area contributed by atoms with Crippen molar-refractivity contribution in [2.24, 2.45) is 0 Å². The van der Waals surface area contributed by atoms with Crippen LogP contribution in [-0.2, 0) is 43.5 Å². The highest BCUT2D eigenvalue weighted by molar-refractivity contribution is 5.84. The fraction of sp³-hybridized carbons (Fsp3) is 0.171. The molecule has 0 saturated heterocycles. The highest BCUT2D eigenvalue weighted by Gasteiger charge is 2.30. The standard InChI is InChI=1S/C41H33F5N2O3/c1-47(24-27-10-12-29(13-11-27)30-14-17-32(18-15-30)41(44,45)46)39(50)25-48-33(19-16-31-8-5-9-36(42)40(31)43)22-38(49)35-21-20-34(23-37(35)48)51-26-28-6-3-2-4-7-28/h2-15,17-18,20-23H,16,19,24-26H2,1H3. The molecule has 0 unspecified atom stereocenters. The molecule has 0 aliphatic carbocycles. The van der Waals surface area contributed by atoms with Gasteiger partial charge in [0.15, 0.2) is 17.1 Å². The predicted molar refractivity (Wildman–Crippen MR) is 186 cm³/mol. The molecule has 10 heteroatoms. The zero-order chi connectivity index (χ0) is 36.1. The number of fused-ring (bicyclic) bond motifs is 1. The highest BCUT2D eigenvalue weighted by Crippen LogP contribution is 2.31. The minimum Gasteiger partial charge on any atom is -0.489 e. The first-order valence-corrected chi connectivity index (χ1v) is 16.2. The minimum atomic E-state index is -4.42. The first kappa shape index (κ1) is 35.1. The van der Waals surface area contributed by atoms with Gasteiger partial charge in [-0.2, -0.15) is 13.2 Å². The Morgan fingerprint density at radius 2 is 1.45 bits per heavy atom. The van der Waals surface area contributed by atoms with Crippen molar-refractivity contribution in [3.05, 3.63) is 171 Å². The minimum absolute atomic E-state index is 0.0913. The van der Waals surface area contributed by atoms with E-state index in [1.807, 2.05) is 30.3 Å². The Bertz CT molecular complexity index is 2220. The molecule has 0 aliphatic heterocycles. The summed E-state index contributed by atoms with van der Waals surface area (Å²) >= 11 is 0. The van der Waals surface area contributed by atoms with Gasteiger partial charge < -0.3 is 14.2 Å². The third-order valence-corrected chi connectivity index (χ3v) is 8.74. The Labute approximate surface area is 291 Å². The highest BCUT2D eigenvalue weighted by atomic mass is 19.4. The van der Waals surface area contributed by atoms with Gasteiger partial charge in [-0.15, -0.1) is 0 Å². The van der Waals surface area contributed by atoms with E-state index in [0.717, 1.165) is 34.9 Å². The van der Waals surface area contributed by atoms with Crippen LogP contribution in [0.5, 0.6) is 5.75 Å². The molecule has 0 radical (unpaired) electrons. The zero-order valence-corrected chi connectivity index (χ0v) is 27.6. The van der Waals surface area contributed by atoms with Gasteiger partial charge in [0.1, 0.15) is 18.9 Å². The number of halogens is 5. The van der Waals surface area contributed by atoms with Crippen molar-refractivity contribution in [2.45, 2.75) is 38.7 Å². The predicted octanol–water partition coefficient (Wildman–Crippen LogP) is 8.99. The number of rotatable bonds is 11. The fourth-order valence-electron chi connectivity index (χ4n) is 5.91. The Morgan fingerprint density at radius 1 is 0.765 bits per heavy atom. The van der Waals surface area contributed by atoms with Crippen LogP contribution < -0.4 is 10.2 Å². The average molecular weight is 697 g/mol. The molecule has 0 aliphatic rings. The summed E-state index contributed by atoms with van der Waals surface area (Å²) in [5.41, 5.74) is 3.18. The fourth-order valence-corrected chi connectivity index (χ4v) is 5.91. The molecule has 0 bridgehead atoms. The maximum atomic E-state index is 14.6. The number of amides is 1. The first-order chi connectivity index (χ1) is 24.5. The number of aromatic nitrogens is 1. The lowest BCUT2D eigenvalue weighted by atomic mass is 10.0. The van der Waals surface area contributed by atoms with Gasteiger partial charge in [-0.1, -0.05) is 78.9 Å². The summed E-state index contributed by atoms with van der Waals surface area (Å²) in [7, 11) is 1.65. The summed E-state index contributed by atoms with van der Waals surface area (Å²) in [6, 6.07) is 32.1. The maximum Gasteiger partial charge on any atom is 0.416 e. The van der Waals surface area contributed by atoms with E-state index in [4.69, 9.17) is 4.74 Å². The molecule has 1 aromatic heterocycles. The number of hydrogen-bond acceptors (Lipinski definition) is 3. The van der Waals surface area contributed by atoms with E-state index in [9.17, 15) is 31.5 Å². The van der Waals surface area contributed by atoms with Crippen molar-refractivity contribution in [3.8, 4) is 16.9 Å². The van der Waals surface area contributed by atoms with Gasteiger partial charge in [0, 0.05) is 36.8 Å². The molecular formula is C41H33F5N2O3. The van der Waals surface area contributed by atoms with Crippen LogP contribution in [0.2, 0.25) is 0 Å². The van der Waals surface area contributed by atoms with Gasteiger partial charge >= 0.3 is 6.18 Å². The van der Waals surface area contributed by atoms with Crippen molar-refractivity contribution in [1.82, 2.24) is 9.47 Å². The van der Waals surface area contributed by atoms with Crippen molar-refractivity contribution < 1.29 is 31.5 Å². The number of ether oxygens (including phenoxy) is 1. The Balaban J connectivity index is 1.25. The molecule has 260 valence electrons. The number of aryl methyl sites for hydroxylation is 2. The molecule has 0 atom stereocenters. The summed E-state index contributed by atoms with van der Waals surface area (Å²) in [5, 5.41) is 0.372. The summed E-state index contributed by atoms with van der Waals surface area (Å²) in [5.74, 6) is -1.71. The number of hydrogen-bond donors (Lipinski definition) is 0. The van der Waals surface area contributed by atoms with Crippen molar-refractivity contribution >= 4 is 16.8 Å². The topological polar surface area (TPSA) is 51.5 Å². The summed E-state index contributed by atoms with van der Waals surface area (Å²) < 4.78 is 75.2. The normalized spacial score (nSPS) is 11.5. The zero-order valence-electron chi connectivity index (χ0n) is 27.6. The average Bonchev–Trinajstić information content (AvgIpc) is 3.13. The smallest absolute Gasteiger partial charge is 0.416 e. The molecule has 6 rings (SSSR count). The van der Waals surface area contributed by atoms with Crippen molar-refractivity contribution in [1.29, 1.82) is 0 Å². The molecule has 0 N–H and O–H groups in total. The second kappa shape index (κ2) is 15.0. The molecule has 51 heavy (non-hydrogen) atoms. The van der Waals surface area contributed by atoms with Gasteiger partial charge in [0.25, 0.3) is 0 Å². The number of benzene rings is 5. The molecule has 5 nitrogen and oxygen atoms in total. The number of carbonyl (C=O) groups excluding carboxylic acids is 1. The van der Waals surface area contributed by atoms with E-state index in [0.29, 0.717) is 27.9 Å². The van der Waals surface area contributed by atoms with Gasteiger partial charge in [-0.05, 0) is 71.0 Å². The van der Waals surface area contributed by atoms with Crippen LogP contribution in [0.4, 0.5) is 22.0 Å². The van der Waals surface area contributed by atoms with Gasteiger partial charge in [-0.25, -0.2) is 8.78 Å². The summed E-state index contributed by atoms with van der Waals surface area (Å²) in [6.07, 6.45) is -4.17. The van der Waals surface area contributed by atoms with E-state index in [-0.39, 0.29) is 49.4 Å². The van der Waals surface area contributed by atoms with Gasteiger partial charge in [0.05, 0.1) is 11.1 Å². The monoisotopic (exact) mass is 696 g/mol. The molecule has 1 heterocycles. The van der Waals surface area contributed by atoms with E-state index >= 15 is 0 Å². The Kier molecular flexibility index (Phi) is 10.3. The third kappa shape index (κ3) is 8.34. The molecule has 1 amide bonds. The van der Waals surface area contributed by atoms with Crippen molar-refractivity contribution in [3.63, 3.8) is 0 Å². The number of alkyl halides is 3. The van der Waals surface area contributed by atoms with E-state index in [1.54, 1.807) is 54.1 Å². The van der Waals surface area contributed by atoms with Crippen LogP contribution in [-0.4, -0.2) is 22.4 Å². The molecule has 5 aromatic carbocycles. The lowest BCUT2D eigenvalue weighted by molar-refractivity contribution is -0.137. The number of likely N-dealkylation sites (N-methyl/N-ethyl adjacent to an activating group) is 1. The van der Waals surface area contributed by atoms with Crippen LogP contribution >= 0.6 is 0 Å². The van der Waals surface area contributed by atoms with Gasteiger partial charge in [-0.3, -0.25) is 9.59 Å². The second-order valence-corrected chi connectivity index (χ2v) is 12.3. The van der Waals surface area contributed by atoms with E-state index in [2.05, 4.69) is 0 Å². The van der Waals surface area contributed by atoms with Crippen LogP contribution in [0.15, 0.2) is 126 Å². The molecule has 0 fully saturated rings. The summed E-state index contributed by atoms with van der Waals surface area (Å²) in [4.78, 5) is 28.6. The van der Waals surface area contributed by atoms with Crippen LogP contribution in [0.25, 0.3) is 22.0 Å². The third-order valence-electron chi connectivity index (χ3n) is 8.74. The van der Waals surface area contributed by atoms with Gasteiger partial charge in [0.2, 0.25) is 5.91 Å². The van der Waals surface area contributed by atoms with Crippen molar-refractivity contribution in [2.75, 3.05) is 7.05 Å². The lowest BCUT2D eigenvalue weighted by Gasteiger charge is -2.22. The second-order valence-electron chi connectivity index (χ2n) is 12.3. The lowest BCUT2D eigenvalue weighted by Crippen LogP contribution is -2.31. The summed E-state index contributed by atoms with van der Waals surface area (Å²) in [6.45, 7) is 0.369. The molecule has 0 spiro atoms. The maximum absolute atomic E-state index is 14.6. The molecule has 0 saturated carbocycles. The SMILES string of the molecule is CN(Cc1ccc(-c2ccc(C(F)(F)F)cc2)cc1)C(=O)Cn1c(CCc2cccc(F)c2F)cc(=O)c2ccc(OCc3ccccc3)cc21. The quantitative estimate of drug-likeness (QED) is 0.127.